The Kier molecular flexibility index (Phi) is 9.18. The van der Waals surface area contributed by atoms with Gasteiger partial charge in [0.25, 0.3) is 11.8 Å². The maximum Gasteiger partial charge on any atom is 0.313 e. The molecule has 0 aromatic heterocycles. The molecule has 2 amide bonds. The number of hydrogen-bond acceptors (Lipinski definition) is 13. The molecule has 0 spiro atoms. The van der Waals surface area contributed by atoms with Crippen molar-refractivity contribution in [1.29, 1.82) is 0 Å². The zero-order valence-electron chi connectivity index (χ0n) is 28.1. The monoisotopic (exact) mass is 706 g/mol. The molecule has 4 aromatic carbocycles. The lowest BCUT2D eigenvalue weighted by atomic mass is 10.1. The first-order chi connectivity index (χ1) is 25.2. The number of hydrazone groups is 2. The minimum Gasteiger partial charge on any atom is -0.487 e. The van der Waals surface area contributed by atoms with E-state index in [1.807, 2.05) is 72.5 Å². The van der Waals surface area contributed by atoms with E-state index in [0.717, 1.165) is 16.8 Å². The second kappa shape index (κ2) is 14.2. The van der Waals surface area contributed by atoms with Crippen LogP contribution in [0.4, 0.5) is 22.7 Å². The zero-order valence-corrected chi connectivity index (χ0v) is 28.1. The fraction of sp³-hybridized carbons (Fsp3) is 0.222. The molecule has 0 saturated carbocycles. The molecular formula is C36H34N8O8. The molecule has 52 heavy (non-hydrogen) atoms. The normalized spacial score (nSPS) is 18.1. The number of nitrogen functional groups attached to an aromatic ring is 1. The van der Waals surface area contributed by atoms with Crippen molar-refractivity contribution in [3.05, 3.63) is 106 Å². The molecule has 8 rings (SSSR count). The van der Waals surface area contributed by atoms with Gasteiger partial charge in [-0.2, -0.15) is 10.2 Å². The molecule has 4 aliphatic rings. The highest BCUT2D eigenvalue weighted by molar-refractivity contribution is 6.10. The Morgan fingerprint density at radius 3 is 1.73 bits per heavy atom. The van der Waals surface area contributed by atoms with Crippen LogP contribution >= 0.6 is 0 Å². The van der Waals surface area contributed by atoms with Gasteiger partial charge in [-0.15, -0.1) is 0 Å². The van der Waals surface area contributed by atoms with Crippen molar-refractivity contribution >= 4 is 46.2 Å². The number of anilines is 3. The second-order valence-electron chi connectivity index (χ2n) is 12.1. The van der Waals surface area contributed by atoms with Gasteiger partial charge in [0, 0.05) is 18.2 Å². The van der Waals surface area contributed by atoms with E-state index in [4.69, 9.17) is 24.7 Å². The minimum absolute atomic E-state index is 0.108. The number of amidine groups is 2. The predicted octanol–water partition coefficient (Wildman–Crippen LogP) is 4.08. The van der Waals surface area contributed by atoms with Crippen LogP contribution in [0, 0.1) is 10.1 Å². The van der Waals surface area contributed by atoms with Crippen molar-refractivity contribution < 1.29 is 33.5 Å². The van der Waals surface area contributed by atoms with Crippen LogP contribution in [0.2, 0.25) is 0 Å². The van der Waals surface area contributed by atoms with E-state index in [9.17, 15) is 19.7 Å². The smallest absolute Gasteiger partial charge is 0.313 e. The van der Waals surface area contributed by atoms with E-state index in [1.54, 1.807) is 24.0 Å². The van der Waals surface area contributed by atoms with Crippen LogP contribution in [0.15, 0.2) is 95.1 Å². The van der Waals surface area contributed by atoms with Gasteiger partial charge < -0.3 is 34.5 Å². The molecule has 266 valence electrons. The number of amides is 2. The van der Waals surface area contributed by atoms with E-state index in [-0.39, 0.29) is 49.1 Å². The van der Waals surface area contributed by atoms with Gasteiger partial charge in [0.05, 0.1) is 22.0 Å². The van der Waals surface area contributed by atoms with Crippen molar-refractivity contribution in [2.75, 3.05) is 28.7 Å². The van der Waals surface area contributed by atoms with Crippen LogP contribution in [0.5, 0.6) is 23.0 Å². The zero-order chi connectivity index (χ0) is 36.4. The molecule has 4 N–H and O–H groups in total. The average molecular weight is 707 g/mol. The third-order valence-electron chi connectivity index (χ3n) is 8.72. The summed E-state index contributed by atoms with van der Waals surface area (Å²) in [7, 11) is 0. The van der Waals surface area contributed by atoms with E-state index >= 15 is 0 Å². The molecule has 4 aromatic rings. The van der Waals surface area contributed by atoms with Crippen molar-refractivity contribution in [2.24, 2.45) is 10.2 Å². The third-order valence-corrected chi connectivity index (χ3v) is 8.72. The summed E-state index contributed by atoms with van der Waals surface area (Å²) in [6, 6.07) is 24.7. The molecule has 4 heterocycles. The van der Waals surface area contributed by atoms with E-state index in [0.29, 0.717) is 46.9 Å². The maximum absolute atomic E-state index is 11.9. The second-order valence-corrected chi connectivity index (χ2v) is 12.1. The van der Waals surface area contributed by atoms with Crippen molar-refractivity contribution in [1.82, 2.24) is 10.9 Å². The summed E-state index contributed by atoms with van der Waals surface area (Å²) >= 11 is 0. The Balaban J connectivity index is 0.000000162. The first-order valence-electron chi connectivity index (χ1n) is 16.3. The summed E-state index contributed by atoms with van der Waals surface area (Å²) in [5.74, 6) is 2.37. The van der Waals surface area contributed by atoms with Crippen LogP contribution in [-0.2, 0) is 22.8 Å². The molecule has 0 fully saturated rings. The number of benzene rings is 4. The molecular weight excluding hydrogens is 672 g/mol. The van der Waals surface area contributed by atoms with Gasteiger partial charge in [-0.1, -0.05) is 60.7 Å². The largest absolute Gasteiger partial charge is 0.487 e. The quantitative estimate of drug-likeness (QED) is 0.142. The molecule has 16 nitrogen and oxygen atoms in total. The highest BCUT2D eigenvalue weighted by atomic mass is 16.6. The average Bonchev–Trinajstić information content (AvgIpc) is 3.16. The standard InChI is InChI=1S/C18H16N4O5.C18H18N4O3/c1-11-18(23)20-19-17-10-27-15-8-16(26-9-12-5-3-2-4-6-12)14(22(24)25)7-13(15)21(11)17;1-11-18(23)21-20-17-10-25-16-8-15(13(19)7-14(16)22(11)17)24-9-12-5-3-2-4-6-12/h2-8,11H,9-10H2,1H3,(H,20,23);2-8,11H,9-10,19H2,1H3,(H,21,23). The number of nitrogens with zero attached hydrogens (tertiary/aromatic N) is 5. The summed E-state index contributed by atoms with van der Waals surface area (Å²) in [6.45, 7) is 4.54. The fourth-order valence-electron chi connectivity index (χ4n) is 5.97. The molecule has 0 aliphatic carbocycles. The van der Waals surface area contributed by atoms with Crippen LogP contribution in [0.25, 0.3) is 0 Å². The molecule has 4 aliphatic heterocycles. The number of carbonyl (C=O) groups excluding carboxylic acids is 2. The van der Waals surface area contributed by atoms with E-state index < -0.39 is 11.0 Å². The fourth-order valence-corrected chi connectivity index (χ4v) is 5.97. The van der Waals surface area contributed by atoms with Gasteiger partial charge >= 0.3 is 5.69 Å². The third kappa shape index (κ3) is 6.68. The molecule has 16 heteroatoms. The first-order valence-corrected chi connectivity index (χ1v) is 16.3. The highest BCUT2D eigenvalue weighted by Crippen LogP contribution is 2.44. The number of carbonyl (C=O) groups is 2. The number of hydrogen-bond donors (Lipinski definition) is 3. The molecule has 0 radical (unpaired) electrons. The molecule has 2 unspecified atom stereocenters. The lowest BCUT2D eigenvalue weighted by Crippen LogP contribution is -2.55. The summed E-state index contributed by atoms with van der Waals surface area (Å²) in [5.41, 5.74) is 14.4. The number of nitrogens with two attached hydrogens (primary N) is 1. The highest BCUT2D eigenvalue weighted by Gasteiger charge is 2.38. The van der Waals surface area contributed by atoms with Gasteiger partial charge in [0.15, 0.2) is 11.7 Å². The van der Waals surface area contributed by atoms with Crippen LogP contribution in [-0.4, -0.2) is 53.7 Å². The van der Waals surface area contributed by atoms with E-state index in [1.165, 1.54) is 12.1 Å². The lowest BCUT2D eigenvalue weighted by Gasteiger charge is -2.38. The Morgan fingerprint density at radius 1 is 0.769 bits per heavy atom. The Morgan fingerprint density at radius 2 is 1.23 bits per heavy atom. The van der Waals surface area contributed by atoms with Gasteiger partial charge in [0.2, 0.25) is 5.75 Å². The van der Waals surface area contributed by atoms with Gasteiger partial charge in [-0.05, 0) is 31.0 Å². The number of nitro benzene ring substituents is 1. The topological polar surface area (TPSA) is 195 Å². The number of rotatable bonds is 7. The summed E-state index contributed by atoms with van der Waals surface area (Å²) < 4.78 is 23.0. The Labute approximate surface area is 297 Å². The Hall–Kier alpha value is -6.84. The van der Waals surface area contributed by atoms with Crippen molar-refractivity contribution in [3.8, 4) is 23.0 Å². The maximum atomic E-state index is 11.9. The number of nitrogens with one attached hydrogen (secondary N) is 2. The number of fused-ring (bicyclic) bond motifs is 6. The van der Waals surface area contributed by atoms with Gasteiger partial charge in [-0.25, -0.2) is 10.9 Å². The van der Waals surface area contributed by atoms with Crippen LogP contribution in [0.1, 0.15) is 25.0 Å². The SMILES string of the molecule is CC1C(=O)NN=C2COc3cc(OCc4ccccc4)c(N)cc3N21.CC1C(=O)NN=C2COc3cc(OCc4ccccc4)c([N+](=O)[O-])cc3N21. The van der Waals surface area contributed by atoms with Crippen molar-refractivity contribution in [2.45, 2.75) is 39.1 Å². The van der Waals surface area contributed by atoms with Crippen LogP contribution < -0.4 is 45.3 Å². The van der Waals surface area contributed by atoms with Gasteiger partial charge in [-0.3, -0.25) is 19.7 Å². The summed E-state index contributed by atoms with van der Waals surface area (Å²) in [5, 5.41) is 19.6. The molecule has 0 saturated heterocycles. The molecule has 2 atom stereocenters. The first kappa shape index (κ1) is 33.6. The lowest BCUT2D eigenvalue weighted by molar-refractivity contribution is -0.385. The number of ether oxygens (including phenoxy) is 4. The van der Waals surface area contributed by atoms with E-state index in [2.05, 4.69) is 21.1 Å². The minimum atomic E-state index is -0.559. The van der Waals surface area contributed by atoms with Gasteiger partial charge in [0.1, 0.15) is 55.8 Å². The number of nitro groups is 1. The predicted molar refractivity (Wildman–Crippen MR) is 192 cm³/mol. The van der Waals surface area contributed by atoms with Crippen LogP contribution in [0.3, 0.4) is 0 Å². The molecule has 0 bridgehead atoms. The summed E-state index contributed by atoms with van der Waals surface area (Å²) in [4.78, 5) is 38.4. The van der Waals surface area contributed by atoms with Crippen molar-refractivity contribution in [3.63, 3.8) is 0 Å². The summed E-state index contributed by atoms with van der Waals surface area (Å²) in [6.07, 6.45) is 0. The Bertz CT molecular complexity index is 2090.